The smallest absolute Gasteiger partial charge is 0.264 e. The Morgan fingerprint density at radius 2 is 1.64 bits per heavy atom. The highest BCUT2D eigenvalue weighted by atomic mass is 35.5. The van der Waals surface area contributed by atoms with Crippen LogP contribution in [0.3, 0.4) is 0 Å². The number of halogens is 3. The van der Waals surface area contributed by atoms with Crippen molar-refractivity contribution in [3.05, 3.63) is 82.4 Å². The van der Waals surface area contributed by atoms with Crippen LogP contribution < -0.4 is 19.5 Å². The second-order valence-corrected chi connectivity index (χ2v) is 9.33. The second-order valence-electron chi connectivity index (χ2n) is 7.03. The second kappa shape index (κ2) is 10.4. The quantitative estimate of drug-likeness (QED) is 0.475. The highest BCUT2D eigenvalue weighted by molar-refractivity contribution is 7.92. The van der Waals surface area contributed by atoms with Gasteiger partial charge in [0.05, 0.1) is 24.8 Å². The molecule has 0 aliphatic heterocycles. The van der Waals surface area contributed by atoms with E-state index in [0.29, 0.717) is 16.3 Å². The van der Waals surface area contributed by atoms with Crippen molar-refractivity contribution in [1.82, 2.24) is 0 Å². The molecule has 0 radical (unpaired) electrons. The lowest BCUT2D eigenvalue weighted by molar-refractivity contribution is 0.354. The maximum absolute atomic E-state index is 14.3. The summed E-state index contributed by atoms with van der Waals surface area (Å²) in [5, 5.41) is 0.293. The zero-order chi connectivity index (χ0) is 24.2. The molecule has 0 aliphatic rings. The Hall–Kier alpha value is -2.88. The van der Waals surface area contributed by atoms with Crippen LogP contribution in [-0.4, -0.2) is 35.7 Å². The number of nitrogens with two attached hydrogens (primary N) is 1. The van der Waals surface area contributed by atoms with Gasteiger partial charge in [-0.1, -0.05) is 17.7 Å². The number of ether oxygens (including phenoxy) is 2. The predicted octanol–water partition coefficient (Wildman–Crippen LogP) is 4.38. The number of hydrogen-bond acceptors (Lipinski definition) is 5. The highest BCUT2D eigenvalue weighted by Gasteiger charge is 2.28. The van der Waals surface area contributed by atoms with E-state index in [1.165, 1.54) is 56.7 Å². The van der Waals surface area contributed by atoms with E-state index < -0.39 is 21.7 Å². The van der Waals surface area contributed by atoms with Crippen LogP contribution in [0, 0.1) is 11.6 Å². The molecule has 3 aromatic rings. The van der Waals surface area contributed by atoms with Gasteiger partial charge in [0.25, 0.3) is 10.0 Å². The Morgan fingerprint density at radius 1 is 0.970 bits per heavy atom. The Balaban J connectivity index is 2.14. The number of sulfonamides is 1. The fourth-order valence-corrected chi connectivity index (χ4v) is 5.15. The van der Waals surface area contributed by atoms with Crippen LogP contribution in [0.25, 0.3) is 0 Å². The summed E-state index contributed by atoms with van der Waals surface area (Å²) in [6, 6.07) is 12.2. The Bertz CT molecular complexity index is 1230. The van der Waals surface area contributed by atoms with Gasteiger partial charge in [-0.2, -0.15) is 0 Å². The minimum Gasteiger partial charge on any atom is -0.493 e. The number of nitrogens with zero attached hydrogens (tertiary/aromatic N) is 1. The van der Waals surface area contributed by atoms with Crippen molar-refractivity contribution in [1.29, 1.82) is 0 Å². The molecule has 176 valence electrons. The summed E-state index contributed by atoms with van der Waals surface area (Å²) >= 11 is 6.14. The van der Waals surface area contributed by atoms with E-state index in [1.54, 1.807) is 0 Å². The van der Waals surface area contributed by atoms with Crippen molar-refractivity contribution in [2.45, 2.75) is 11.3 Å². The molecule has 6 nitrogen and oxygen atoms in total. The lowest BCUT2D eigenvalue weighted by Gasteiger charge is -2.27. The average Bonchev–Trinajstić information content (AvgIpc) is 2.79. The van der Waals surface area contributed by atoms with Gasteiger partial charge >= 0.3 is 0 Å². The topological polar surface area (TPSA) is 81.9 Å². The summed E-state index contributed by atoms with van der Waals surface area (Å²) in [7, 11) is -1.30. The molecular formula is C23H23ClF2N2O4S. The first-order chi connectivity index (χ1) is 15.7. The minimum absolute atomic E-state index is 0.00262. The lowest BCUT2D eigenvalue weighted by Crippen LogP contribution is -2.36. The van der Waals surface area contributed by atoms with E-state index in [1.807, 2.05) is 0 Å². The number of methoxy groups -OCH3 is 2. The number of anilines is 1. The van der Waals surface area contributed by atoms with Gasteiger partial charge in [0.2, 0.25) is 0 Å². The zero-order valence-electron chi connectivity index (χ0n) is 18.0. The third-order valence-electron chi connectivity index (χ3n) is 5.01. The first-order valence-electron chi connectivity index (χ1n) is 9.89. The molecule has 0 heterocycles. The fourth-order valence-electron chi connectivity index (χ4n) is 3.42. The maximum atomic E-state index is 14.3. The molecule has 0 saturated carbocycles. The molecule has 0 bridgehead atoms. The minimum atomic E-state index is -4.13. The highest BCUT2D eigenvalue weighted by Crippen LogP contribution is 2.35. The average molecular weight is 497 g/mol. The molecule has 3 aromatic carbocycles. The molecule has 2 N–H and O–H groups in total. The summed E-state index contributed by atoms with van der Waals surface area (Å²) < 4.78 is 67.4. The molecule has 0 unspecified atom stereocenters. The van der Waals surface area contributed by atoms with Crippen molar-refractivity contribution in [3.8, 4) is 11.5 Å². The van der Waals surface area contributed by atoms with Gasteiger partial charge in [0, 0.05) is 36.2 Å². The van der Waals surface area contributed by atoms with Gasteiger partial charge in [-0.3, -0.25) is 4.31 Å². The predicted molar refractivity (Wildman–Crippen MR) is 124 cm³/mol. The van der Waals surface area contributed by atoms with E-state index >= 15 is 0 Å². The summed E-state index contributed by atoms with van der Waals surface area (Å²) in [5.41, 5.74) is 6.06. The molecule has 3 rings (SSSR count). The molecule has 0 atom stereocenters. The van der Waals surface area contributed by atoms with Crippen molar-refractivity contribution in [2.24, 2.45) is 5.73 Å². The molecule has 0 saturated heterocycles. The summed E-state index contributed by atoms with van der Waals surface area (Å²) in [4.78, 5) is -0.0634. The van der Waals surface area contributed by atoms with Crippen LogP contribution in [0.1, 0.15) is 11.1 Å². The van der Waals surface area contributed by atoms with Crippen LogP contribution in [0.4, 0.5) is 14.5 Å². The van der Waals surface area contributed by atoms with E-state index in [-0.39, 0.29) is 41.4 Å². The van der Waals surface area contributed by atoms with Crippen molar-refractivity contribution in [2.75, 3.05) is 31.6 Å². The standard InChI is InChI=1S/C23H23ClF2N2O4S/c1-31-22-9-7-17(14-23(22)32-2)33(29,30)28(11-10-27)21-8-6-16(24)12-15(21)13-18-19(25)4-3-5-20(18)26/h3-9,12,14H,10-11,13,27H2,1-2H3. The van der Waals surface area contributed by atoms with E-state index in [9.17, 15) is 17.2 Å². The van der Waals surface area contributed by atoms with Crippen molar-refractivity contribution < 1.29 is 26.7 Å². The Morgan fingerprint density at radius 3 is 2.24 bits per heavy atom. The first kappa shape index (κ1) is 24.8. The summed E-state index contributed by atoms with van der Waals surface area (Å²) in [5.74, 6) is -0.886. The fraction of sp³-hybridized carbons (Fsp3) is 0.217. The van der Waals surface area contributed by atoms with Crippen LogP contribution in [-0.2, 0) is 16.4 Å². The van der Waals surface area contributed by atoms with E-state index in [2.05, 4.69) is 0 Å². The number of rotatable bonds is 9. The lowest BCUT2D eigenvalue weighted by atomic mass is 10.0. The van der Waals surface area contributed by atoms with Crippen LogP contribution in [0.15, 0.2) is 59.5 Å². The van der Waals surface area contributed by atoms with Gasteiger partial charge in [-0.05, 0) is 48.0 Å². The number of hydrogen-bond donors (Lipinski definition) is 1. The number of benzene rings is 3. The molecule has 33 heavy (non-hydrogen) atoms. The van der Waals surface area contributed by atoms with Crippen molar-refractivity contribution >= 4 is 27.3 Å². The molecule has 0 aliphatic carbocycles. The van der Waals surface area contributed by atoms with Crippen LogP contribution >= 0.6 is 11.6 Å². The van der Waals surface area contributed by atoms with Gasteiger partial charge in [-0.15, -0.1) is 0 Å². The third kappa shape index (κ3) is 5.21. The summed E-state index contributed by atoms with van der Waals surface area (Å²) in [6.45, 7) is -0.0757. The maximum Gasteiger partial charge on any atom is 0.264 e. The van der Waals surface area contributed by atoms with E-state index in [4.69, 9.17) is 26.8 Å². The Labute approximate surface area is 196 Å². The molecular weight excluding hydrogens is 474 g/mol. The van der Waals surface area contributed by atoms with Crippen LogP contribution in [0.2, 0.25) is 5.02 Å². The normalized spacial score (nSPS) is 11.3. The molecule has 0 fully saturated rings. The monoisotopic (exact) mass is 496 g/mol. The molecule has 0 amide bonds. The SMILES string of the molecule is COc1ccc(S(=O)(=O)N(CCN)c2ccc(Cl)cc2Cc2c(F)cccc2F)cc1OC. The van der Waals surface area contributed by atoms with Crippen LogP contribution in [0.5, 0.6) is 11.5 Å². The summed E-state index contributed by atoms with van der Waals surface area (Å²) in [6.07, 6.45) is -0.211. The molecule has 10 heteroatoms. The van der Waals surface area contributed by atoms with Gasteiger partial charge in [0.1, 0.15) is 11.6 Å². The zero-order valence-corrected chi connectivity index (χ0v) is 19.6. The molecule has 0 spiro atoms. The largest absolute Gasteiger partial charge is 0.493 e. The van der Waals surface area contributed by atoms with Crippen molar-refractivity contribution in [3.63, 3.8) is 0 Å². The van der Waals surface area contributed by atoms with Gasteiger partial charge < -0.3 is 15.2 Å². The third-order valence-corrected chi connectivity index (χ3v) is 7.06. The Kier molecular flexibility index (Phi) is 7.78. The van der Waals surface area contributed by atoms with E-state index in [0.717, 1.165) is 16.4 Å². The first-order valence-corrected chi connectivity index (χ1v) is 11.7. The van der Waals surface area contributed by atoms with Gasteiger partial charge in [0.15, 0.2) is 11.5 Å². The van der Waals surface area contributed by atoms with Gasteiger partial charge in [-0.25, -0.2) is 17.2 Å². The molecule has 0 aromatic heterocycles.